The lowest BCUT2D eigenvalue weighted by atomic mass is 10.2. The summed E-state index contributed by atoms with van der Waals surface area (Å²) in [5.74, 6) is -0.172. The Balaban J connectivity index is 1.79. The third-order valence-corrected chi connectivity index (χ3v) is 3.89. The smallest absolute Gasteiger partial charge is 0.275 e. The molecule has 0 aromatic carbocycles. The molecule has 0 aliphatic carbocycles. The van der Waals surface area contributed by atoms with Crippen molar-refractivity contribution in [3.05, 3.63) is 28.8 Å². The second kappa shape index (κ2) is 4.51. The quantitative estimate of drug-likeness (QED) is 0.839. The second-order valence-electron chi connectivity index (χ2n) is 4.16. The molecule has 2 aromatic rings. The number of imidazole rings is 1. The largest absolute Gasteiger partial charge is 0.330 e. The molecule has 3 heterocycles. The first-order valence-electron chi connectivity index (χ1n) is 5.71. The Bertz CT molecular complexity index is 565. The van der Waals surface area contributed by atoms with Gasteiger partial charge < -0.3 is 9.88 Å². The first kappa shape index (κ1) is 11.4. The molecule has 0 saturated heterocycles. The third kappa shape index (κ3) is 2.02. The Hall–Kier alpha value is -1.73. The lowest BCUT2D eigenvalue weighted by Crippen LogP contribution is -2.22. The molecule has 0 radical (unpaired) electrons. The lowest BCUT2D eigenvalue weighted by molar-refractivity contribution is 0.101. The first-order valence-corrected chi connectivity index (χ1v) is 6.52. The van der Waals surface area contributed by atoms with Gasteiger partial charge in [0.15, 0.2) is 5.13 Å². The van der Waals surface area contributed by atoms with Crippen LogP contribution >= 0.6 is 11.3 Å². The molecule has 0 atom stereocenters. The summed E-state index contributed by atoms with van der Waals surface area (Å²) in [5.41, 5.74) is 1.63. The van der Waals surface area contributed by atoms with Crippen molar-refractivity contribution >= 4 is 22.4 Å². The van der Waals surface area contributed by atoms with Crippen LogP contribution in [0.5, 0.6) is 0 Å². The predicted octanol–water partition coefficient (Wildman–Crippen LogP) is 0.775. The van der Waals surface area contributed by atoms with Gasteiger partial charge in [0.25, 0.3) is 5.91 Å². The van der Waals surface area contributed by atoms with Crippen LogP contribution < -0.4 is 10.6 Å². The number of thiazole rings is 1. The zero-order valence-corrected chi connectivity index (χ0v) is 10.8. The van der Waals surface area contributed by atoms with E-state index in [1.54, 1.807) is 24.1 Å². The Kier molecular flexibility index (Phi) is 2.85. The second-order valence-corrected chi connectivity index (χ2v) is 5.24. The van der Waals surface area contributed by atoms with Crippen molar-refractivity contribution in [2.45, 2.75) is 13.0 Å². The highest BCUT2D eigenvalue weighted by molar-refractivity contribution is 7.15. The van der Waals surface area contributed by atoms with E-state index in [2.05, 4.69) is 20.6 Å². The van der Waals surface area contributed by atoms with E-state index in [4.69, 9.17) is 0 Å². The molecule has 1 aliphatic rings. The van der Waals surface area contributed by atoms with Crippen molar-refractivity contribution in [2.24, 2.45) is 7.05 Å². The highest BCUT2D eigenvalue weighted by atomic mass is 32.1. The number of carbonyl (C=O) groups excluding carboxylic acids is 1. The molecule has 0 fully saturated rings. The normalized spacial score (nSPS) is 14.3. The van der Waals surface area contributed by atoms with Crippen molar-refractivity contribution in [3.8, 4) is 0 Å². The first-order chi connectivity index (χ1) is 8.74. The van der Waals surface area contributed by atoms with Gasteiger partial charge in [-0.1, -0.05) is 0 Å². The van der Waals surface area contributed by atoms with E-state index < -0.39 is 0 Å². The molecule has 94 valence electrons. The number of hydrogen-bond donors (Lipinski definition) is 2. The van der Waals surface area contributed by atoms with Crippen molar-refractivity contribution in [1.82, 2.24) is 19.9 Å². The van der Waals surface area contributed by atoms with E-state index in [0.29, 0.717) is 10.8 Å². The Labute approximate surface area is 108 Å². The molecule has 3 rings (SSSR count). The van der Waals surface area contributed by atoms with Gasteiger partial charge in [-0.25, -0.2) is 9.97 Å². The molecular weight excluding hydrogens is 250 g/mol. The van der Waals surface area contributed by atoms with Gasteiger partial charge in [-0.05, 0) is 0 Å². The van der Waals surface area contributed by atoms with Crippen LogP contribution in [-0.4, -0.2) is 27.0 Å². The van der Waals surface area contributed by atoms with Gasteiger partial charge in [-0.15, -0.1) is 11.3 Å². The Morgan fingerprint density at radius 2 is 2.50 bits per heavy atom. The number of aryl methyl sites for hydroxylation is 1. The molecule has 0 saturated carbocycles. The monoisotopic (exact) mass is 263 g/mol. The van der Waals surface area contributed by atoms with Gasteiger partial charge in [0.2, 0.25) is 0 Å². The third-order valence-electron chi connectivity index (χ3n) is 2.87. The number of fused-ring (bicyclic) bond motifs is 1. The zero-order valence-electron chi connectivity index (χ0n) is 9.93. The van der Waals surface area contributed by atoms with Crippen LogP contribution in [0.1, 0.15) is 21.1 Å². The summed E-state index contributed by atoms with van der Waals surface area (Å²) in [6.45, 7) is 1.79. The van der Waals surface area contributed by atoms with Crippen LogP contribution in [0.25, 0.3) is 0 Å². The van der Waals surface area contributed by atoms with Gasteiger partial charge in [0.1, 0.15) is 5.69 Å². The molecular formula is C11H13N5OS. The Morgan fingerprint density at radius 3 is 3.22 bits per heavy atom. The van der Waals surface area contributed by atoms with Crippen LogP contribution in [0.2, 0.25) is 0 Å². The average molecular weight is 263 g/mol. The van der Waals surface area contributed by atoms with Gasteiger partial charge in [0, 0.05) is 31.4 Å². The number of hydrogen-bond acceptors (Lipinski definition) is 5. The number of amides is 1. The minimum Gasteiger partial charge on any atom is -0.330 e. The molecule has 1 amide bonds. The predicted molar refractivity (Wildman–Crippen MR) is 68.7 cm³/mol. The molecule has 1 aliphatic heterocycles. The van der Waals surface area contributed by atoms with Gasteiger partial charge >= 0.3 is 0 Å². The van der Waals surface area contributed by atoms with Gasteiger partial charge in [-0.2, -0.15) is 0 Å². The SMILES string of the molecule is Cn1cncc1C(=O)Nc1nc2c(s1)CNCC2. The maximum atomic E-state index is 12.0. The van der Waals surface area contributed by atoms with E-state index in [0.717, 1.165) is 25.2 Å². The molecule has 0 bridgehead atoms. The molecule has 0 unspecified atom stereocenters. The maximum Gasteiger partial charge on any atom is 0.275 e. The van der Waals surface area contributed by atoms with Crippen molar-refractivity contribution in [3.63, 3.8) is 0 Å². The fourth-order valence-electron chi connectivity index (χ4n) is 1.92. The fourth-order valence-corrected chi connectivity index (χ4v) is 2.89. The van der Waals surface area contributed by atoms with Crippen LogP contribution in [0.4, 0.5) is 5.13 Å². The number of anilines is 1. The number of aromatic nitrogens is 3. The Morgan fingerprint density at radius 1 is 1.61 bits per heavy atom. The van der Waals surface area contributed by atoms with E-state index >= 15 is 0 Å². The molecule has 0 spiro atoms. The van der Waals surface area contributed by atoms with E-state index in [9.17, 15) is 4.79 Å². The van der Waals surface area contributed by atoms with E-state index in [-0.39, 0.29) is 5.91 Å². The lowest BCUT2D eigenvalue weighted by Gasteiger charge is -2.09. The van der Waals surface area contributed by atoms with Crippen LogP contribution in [0, 0.1) is 0 Å². The van der Waals surface area contributed by atoms with Crippen molar-refractivity contribution < 1.29 is 4.79 Å². The molecule has 2 N–H and O–H groups in total. The van der Waals surface area contributed by atoms with Gasteiger partial charge in [-0.3, -0.25) is 10.1 Å². The highest BCUT2D eigenvalue weighted by Gasteiger charge is 2.17. The zero-order chi connectivity index (χ0) is 12.5. The molecule has 6 nitrogen and oxygen atoms in total. The number of rotatable bonds is 2. The summed E-state index contributed by atoms with van der Waals surface area (Å²) in [4.78, 5) is 21.6. The summed E-state index contributed by atoms with van der Waals surface area (Å²) in [7, 11) is 1.79. The summed E-state index contributed by atoms with van der Waals surface area (Å²) in [6, 6.07) is 0. The molecule has 18 heavy (non-hydrogen) atoms. The summed E-state index contributed by atoms with van der Waals surface area (Å²) in [6.07, 6.45) is 4.07. The highest BCUT2D eigenvalue weighted by Crippen LogP contribution is 2.25. The minimum atomic E-state index is -0.172. The van der Waals surface area contributed by atoms with Crippen molar-refractivity contribution in [2.75, 3.05) is 11.9 Å². The standard InChI is InChI=1S/C11H13N5OS/c1-16-6-13-4-8(16)10(17)15-11-14-7-2-3-12-5-9(7)18-11/h4,6,12H,2-3,5H2,1H3,(H,14,15,17). The topological polar surface area (TPSA) is 71.8 Å². The molecule has 7 heteroatoms. The average Bonchev–Trinajstić information content (AvgIpc) is 2.94. The van der Waals surface area contributed by atoms with Crippen LogP contribution in [-0.2, 0) is 20.0 Å². The summed E-state index contributed by atoms with van der Waals surface area (Å²) in [5, 5.41) is 6.77. The number of nitrogens with zero attached hydrogens (tertiary/aromatic N) is 3. The number of nitrogens with one attached hydrogen (secondary N) is 2. The maximum absolute atomic E-state index is 12.0. The minimum absolute atomic E-state index is 0.172. The number of carbonyl (C=O) groups is 1. The van der Waals surface area contributed by atoms with Gasteiger partial charge in [0.05, 0.1) is 18.2 Å². The summed E-state index contributed by atoms with van der Waals surface area (Å²) >= 11 is 1.53. The molecule has 2 aromatic heterocycles. The van der Waals surface area contributed by atoms with E-state index in [1.165, 1.54) is 16.2 Å². The van der Waals surface area contributed by atoms with Crippen molar-refractivity contribution in [1.29, 1.82) is 0 Å². The fraction of sp³-hybridized carbons (Fsp3) is 0.364. The van der Waals surface area contributed by atoms with Crippen LogP contribution in [0.15, 0.2) is 12.5 Å². The van der Waals surface area contributed by atoms with E-state index in [1.807, 2.05) is 0 Å². The van der Waals surface area contributed by atoms with Crippen LogP contribution in [0.3, 0.4) is 0 Å². The summed E-state index contributed by atoms with van der Waals surface area (Å²) < 4.78 is 1.68.